The SMILES string of the molecule is CCCN(C(=O)COC(=O)/C=C/c1cccc(OC)c1)[C@@H]1CCS(=O)(=O)C1. The van der Waals surface area contributed by atoms with E-state index in [0.717, 1.165) is 5.56 Å². The smallest absolute Gasteiger partial charge is 0.331 e. The second-order valence-electron chi connectivity index (χ2n) is 6.36. The van der Waals surface area contributed by atoms with Gasteiger partial charge in [-0.15, -0.1) is 0 Å². The van der Waals surface area contributed by atoms with Crippen LogP contribution >= 0.6 is 0 Å². The molecule has 2 rings (SSSR count). The molecule has 1 aliphatic rings. The summed E-state index contributed by atoms with van der Waals surface area (Å²) in [6, 6.07) is 6.82. The number of carbonyl (C=O) groups excluding carboxylic acids is 2. The predicted molar refractivity (Wildman–Crippen MR) is 102 cm³/mol. The zero-order chi connectivity index (χ0) is 19.9. The highest BCUT2D eigenvalue weighted by Gasteiger charge is 2.34. The fraction of sp³-hybridized carbons (Fsp3) is 0.474. The fourth-order valence-corrected chi connectivity index (χ4v) is 4.68. The van der Waals surface area contributed by atoms with E-state index in [0.29, 0.717) is 25.1 Å². The van der Waals surface area contributed by atoms with E-state index in [1.54, 1.807) is 37.5 Å². The van der Waals surface area contributed by atoms with Crippen LogP contribution in [0.15, 0.2) is 30.3 Å². The molecule has 27 heavy (non-hydrogen) atoms. The first-order valence-electron chi connectivity index (χ1n) is 8.83. The molecule has 1 aromatic carbocycles. The zero-order valence-corrected chi connectivity index (χ0v) is 16.4. The minimum atomic E-state index is -3.09. The van der Waals surface area contributed by atoms with Gasteiger partial charge in [-0.25, -0.2) is 13.2 Å². The standard InChI is InChI=1S/C19H25NO6S/c1-3-10-20(16-9-11-27(23,24)14-16)18(21)13-26-19(22)8-7-15-5-4-6-17(12-15)25-2/h4-8,12,16H,3,9-11,13-14H2,1-2H3/b8-7+/t16-/m1/s1. The van der Waals surface area contributed by atoms with E-state index in [4.69, 9.17) is 9.47 Å². The Bertz CT molecular complexity index is 802. The number of sulfone groups is 1. The third-order valence-corrected chi connectivity index (χ3v) is 6.03. The number of rotatable bonds is 8. The van der Waals surface area contributed by atoms with Crippen LogP contribution in [-0.4, -0.2) is 63.0 Å². The molecule has 1 atom stereocenters. The summed E-state index contributed by atoms with van der Waals surface area (Å²) in [7, 11) is -1.54. The molecule has 0 N–H and O–H groups in total. The summed E-state index contributed by atoms with van der Waals surface area (Å²) in [5.41, 5.74) is 0.765. The van der Waals surface area contributed by atoms with Crippen molar-refractivity contribution in [2.24, 2.45) is 0 Å². The molecule has 0 spiro atoms. The Balaban J connectivity index is 1.90. The van der Waals surface area contributed by atoms with Crippen LogP contribution in [0.3, 0.4) is 0 Å². The lowest BCUT2D eigenvalue weighted by Crippen LogP contribution is -2.43. The number of esters is 1. The summed E-state index contributed by atoms with van der Waals surface area (Å²) in [5.74, 6) is -0.275. The Morgan fingerprint density at radius 2 is 2.11 bits per heavy atom. The molecule has 0 saturated carbocycles. The molecule has 148 valence electrons. The number of hydrogen-bond acceptors (Lipinski definition) is 6. The first-order valence-corrected chi connectivity index (χ1v) is 10.7. The maximum absolute atomic E-state index is 12.4. The minimum absolute atomic E-state index is 0.0254. The molecule has 8 heteroatoms. The average Bonchev–Trinajstić information content (AvgIpc) is 3.02. The Morgan fingerprint density at radius 3 is 2.74 bits per heavy atom. The van der Waals surface area contributed by atoms with Crippen LogP contribution in [-0.2, 0) is 24.2 Å². The van der Waals surface area contributed by atoms with Crippen LogP contribution in [0.1, 0.15) is 25.3 Å². The first-order chi connectivity index (χ1) is 12.8. The molecule has 0 unspecified atom stereocenters. The van der Waals surface area contributed by atoms with Crippen molar-refractivity contribution >= 4 is 27.8 Å². The maximum atomic E-state index is 12.4. The van der Waals surface area contributed by atoms with E-state index < -0.39 is 22.4 Å². The second-order valence-corrected chi connectivity index (χ2v) is 8.59. The third kappa shape index (κ3) is 6.39. The van der Waals surface area contributed by atoms with Crippen LogP contribution in [0, 0.1) is 0 Å². The van der Waals surface area contributed by atoms with Gasteiger partial charge in [0.1, 0.15) is 5.75 Å². The van der Waals surface area contributed by atoms with Crippen LogP contribution in [0.5, 0.6) is 5.75 Å². The van der Waals surface area contributed by atoms with Crippen LogP contribution in [0.4, 0.5) is 0 Å². The van der Waals surface area contributed by atoms with E-state index in [2.05, 4.69) is 0 Å². The molecule has 1 heterocycles. The van der Waals surface area contributed by atoms with Crippen molar-refractivity contribution in [3.8, 4) is 5.75 Å². The van der Waals surface area contributed by atoms with Gasteiger partial charge < -0.3 is 14.4 Å². The van der Waals surface area contributed by atoms with Crippen LogP contribution < -0.4 is 4.74 Å². The van der Waals surface area contributed by atoms with Gasteiger partial charge in [0.25, 0.3) is 5.91 Å². The first kappa shape index (κ1) is 21.0. The topological polar surface area (TPSA) is 90.0 Å². The molecular formula is C19H25NO6S. The lowest BCUT2D eigenvalue weighted by atomic mass is 10.2. The van der Waals surface area contributed by atoms with E-state index in [9.17, 15) is 18.0 Å². The Labute approximate surface area is 159 Å². The summed E-state index contributed by atoms with van der Waals surface area (Å²) in [6.45, 7) is 1.95. The van der Waals surface area contributed by atoms with Gasteiger partial charge >= 0.3 is 5.97 Å². The van der Waals surface area contributed by atoms with Gasteiger partial charge in [-0.05, 0) is 36.6 Å². The van der Waals surface area contributed by atoms with Crippen molar-refractivity contribution < 1.29 is 27.5 Å². The van der Waals surface area contributed by atoms with Crippen molar-refractivity contribution in [3.05, 3.63) is 35.9 Å². The highest BCUT2D eigenvalue weighted by Crippen LogP contribution is 2.18. The molecule has 1 amide bonds. The Hall–Kier alpha value is -2.35. The predicted octanol–water partition coefficient (Wildman–Crippen LogP) is 1.68. The molecule has 0 radical (unpaired) electrons. The summed E-state index contributed by atoms with van der Waals surface area (Å²) in [6.07, 6.45) is 3.94. The third-order valence-electron chi connectivity index (χ3n) is 4.28. The van der Waals surface area contributed by atoms with E-state index in [-0.39, 0.29) is 23.5 Å². The van der Waals surface area contributed by atoms with Gasteiger partial charge in [0.05, 0.1) is 18.6 Å². The number of hydrogen-bond donors (Lipinski definition) is 0. The zero-order valence-electron chi connectivity index (χ0n) is 15.6. The average molecular weight is 395 g/mol. The molecular weight excluding hydrogens is 370 g/mol. The van der Waals surface area contributed by atoms with Crippen LogP contribution in [0.2, 0.25) is 0 Å². The van der Waals surface area contributed by atoms with Gasteiger partial charge in [-0.1, -0.05) is 19.1 Å². The molecule has 0 aromatic heterocycles. The molecule has 1 aliphatic heterocycles. The van der Waals surface area contributed by atoms with Gasteiger partial charge in [-0.2, -0.15) is 0 Å². The van der Waals surface area contributed by atoms with Gasteiger partial charge in [0.2, 0.25) is 0 Å². The molecule has 7 nitrogen and oxygen atoms in total. The van der Waals surface area contributed by atoms with Crippen LogP contribution in [0.25, 0.3) is 6.08 Å². The molecule has 1 saturated heterocycles. The van der Waals surface area contributed by atoms with Gasteiger partial charge in [-0.3, -0.25) is 4.79 Å². The summed E-state index contributed by atoms with van der Waals surface area (Å²) < 4.78 is 33.5. The Morgan fingerprint density at radius 1 is 1.33 bits per heavy atom. The number of nitrogens with zero attached hydrogens (tertiary/aromatic N) is 1. The van der Waals surface area contributed by atoms with E-state index in [1.807, 2.05) is 6.92 Å². The molecule has 0 aliphatic carbocycles. The highest BCUT2D eigenvalue weighted by molar-refractivity contribution is 7.91. The largest absolute Gasteiger partial charge is 0.497 e. The monoisotopic (exact) mass is 395 g/mol. The van der Waals surface area contributed by atoms with Gasteiger partial charge in [0.15, 0.2) is 16.4 Å². The number of amides is 1. The Kier molecular flexibility index (Phi) is 7.41. The number of carbonyl (C=O) groups is 2. The van der Waals surface area contributed by atoms with Crippen molar-refractivity contribution in [2.75, 3.05) is 31.8 Å². The normalized spacial score (nSPS) is 18.4. The summed E-state index contributed by atoms with van der Waals surface area (Å²) in [5, 5.41) is 0. The van der Waals surface area contributed by atoms with Crippen molar-refractivity contribution in [1.82, 2.24) is 4.90 Å². The van der Waals surface area contributed by atoms with Crippen molar-refractivity contribution in [1.29, 1.82) is 0 Å². The quantitative estimate of drug-likeness (QED) is 0.491. The lowest BCUT2D eigenvalue weighted by Gasteiger charge is -2.27. The number of benzene rings is 1. The maximum Gasteiger partial charge on any atom is 0.331 e. The lowest BCUT2D eigenvalue weighted by molar-refractivity contribution is -0.149. The molecule has 0 bridgehead atoms. The molecule has 1 fully saturated rings. The highest BCUT2D eigenvalue weighted by atomic mass is 32.2. The summed E-state index contributed by atoms with van der Waals surface area (Å²) >= 11 is 0. The number of methoxy groups -OCH3 is 1. The van der Waals surface area contributed by atoms with Gasteiger partial charge in [0, 0.05) is 18.7 Å². The second kappa shape index (κ2) is 9.55. The minimum Gasteiger partial charge on any atom is -0.497 e. The van der Waals surface area contributed by atoms with Crippen molar-refractivity contribution in [2.45, 2.75) is 25.8 Å². The van der Waals surface area contributed by atoms with Crippen molar-refractivity contribution in [3.63, 3.8) is 0 Å². The molecule has 1 aromatic rings. The fourth-order valence-electron chi connectivity index (χ4n) is 2.95. The van der Waals surface area contributed by atoms with E-state index >= 15 is 0 Å². The number of ether oxygens (including phenoxy) is 2. The van der Waals surface area contributed by atoms with E-state index in [1.165, 1.54) is 11.0 Å². The summed E-state index contributed by atoms with van der Waals surface area (Å²) in [4.78, 5) is 25.8.